The molecule has 0 aromatic carbocycles. The van der Waals surface area contributed by atoms with E-state index in [1.165, 1.54) is 0 Å². The zero-order valence-electron chi connectivity index (χ0n) is 6.94. The summed E-state index contributed by atoms with van der Waals surface area (Å²) in [6.45, 7) is 4.00. The molecule has 0 amide bonds. The number of hydrogen-bond donors (Lipinski definition) is 0. The summed E-state index contributed by atoms with van der Waals surface area (Å²) in [4.78, 5) is 11.0. The molecular formula is C6H10Cl3O2Tl. The maximum absolute atomic E-state index is 11.0. The van der Waals surface area contributed by atoms with Gasteiger partial charge in [-0.25, -0.2) is 0 Å². The molecule has 0 unspecified atom stereocenters. The molecule has 0 aromatic heterocycles. The van der Waals surface area contributed by atoms with Crippen molar-refractivity contribution in [2.24, 2.45) is 0 Å². The van der Waals surface area contributed by atoms with Gasteiger partial charge in [-0.2, -0.15) is 0 Å². The summed E-state index contributed by atoms with van der Waals surface area (Å²) in [6, 6.07) is 0. The zero-order chi connectivity index (χ0) is 9.78. The first-order valence-corrected chi connectivity index (χ1v) is 13.0. The third-order valence-corrected chi connectivity index (χ3v) is 11.1. The topological polar surface area (TPSA) is 26.3 Å². The van der Waals surface area contributed by atoms with Crippen LogP contribution in [-0.2, 0) is 7.48 Å². The molecule has 0 N–H and O–H groups in total. The standard InChI is InChI=1S/C2HCl3O2.2C2H5.Tl/c3-2(4,5)1(6)7;2*1-2;/h(H,6,7);2*1H2,2H3;/q;;;+1/p-1. The number of rotatable bonds is 3. The summed E-state index contributed by atoms with van der Waals surface area (Å²) in [6.07, 6.45) is 0. The van der Waals surface area contributed by atoms with Gasteiger partial charge in [0.15, 0.2) is 0 Å². The fourth-order valence-corrected chi connectivity index (χ4v) is 7.08. The van der Waals surface area contributed by atoms with E-state index in [0.717, 1.165) is 7.96 Å². The number of carbonyl (C=O) groups excluding carboxylic acids is 1. The van der Waals surface area contributed by atoms with Gasteiger partial charge in [0, 0.05) is 0 Å². The molecule has 0 bridgehead atoms. The van der Waals surface area contributed by atoms with Crippen molar-refractivity contribution >= 4 is 63.9 Å². The van der Waals surface area contributed by atoms with E-state index in [9.17, 15) is 4.79 Å². The predicted octanol–water partition coefficient (Wildman–Crippen LogP) is 2.93. The van der Waals surface area contributed by atoms with Crippen molar-refractivity contribution in [1.82, 2.24) is 0 Å². The van der Waals surface area contributed by atoms with Crippen LogP contribution in [0.3, 0.4) is 0 Å². The Hall–Kier alpha value is 1.26. The third kappa shape index (κ3) is 5.09. The Kier molecular flexibility index (Phi) is 6.50. The summed E-state index contributed by atoms with van der Waals surface area (Å²) in [7, 11) is 0. The van der Waals surface area contributed by atoms with Crippen LogP contribution in [0.2, 0.25) is 7.96 Å². The summed E-state index contributed by atoms with van der Waals surface area (Å²) >= 11 is 13.8. The average Bonchev–Trinajstić information content (AvgIpc) is 1.97. The molecule has 0 radical (unpaired) electrons. The summed E-state index contributed by atoms with van der Waals surface area (Å²) < 4.78 is 5.10. The van der Waals surface area contributed by atoms with Crippen LogP contribution < -0.4 is 0 Å². The second kappa shape index (κ2) is 5.88. The SMILES string of the molecule is C[CH2][Tl]([CH2]C)[O]C(=O)C(Cl)(Cl)Cl. The van der Waals surface area contributed by atoms with Crippen molar-refractivity contribution in [1.29, 1.82) is 0 Å². The Morgan fingerprint density at radius 3 is 2.00 bits per heavy atom. The van der Waals surface area contributed by atoms with Crippen LogP contribution in [0.15, 0.2) is 0 Å². The molecule has 12 heavy (non-hydrogen) atoms. The van der Waals surface area contributed by atoms with Gasteiger partial charge in [0.25, 0.3) is 0 Å². The molecule has 6 heteroatoms. The van der Waals surface area contributed by atoms with E-state index in [0.29, 0.717) is 0 Å². The number of hydrogen-bond acceptors (Lipinski definition) is 2. The summed E-state index contributed by atoms with van der Waals surface area (Å²) in [5, 5.41) is 0. The van der Waals surface area contributed by atoms with E-state index in [2.05, 4.69) is 0 Å². The summed E-state index contributed by atoms with van der Waals surface area (Å²) in [5.74, 6) is -0.706. The number of alkyl halides is 3. The van der Waals surface area contributed by atoms with Crippen molar-refractivity contribution in [2.75, 3.05) is 0 Å². The molecule has 0 aliphatic rings. The first-order chi connectivity index (χ1) is 5.41. The first-order valence-electron chi connectivity index (χ1n) is 3.69. The van der Waals surface area contributed by atoms with Crippen LogP contribution >= 0.6 is 34.8 Å². The van der Waals surface area contributed by atoms with E-state index in [1.54, 1.807) is 0 Å². The van der Waals surface area contributed by atoms with E-state index >= 15 is 0 Å². The van der Waals surface area contributed by atoms with E-state index in [4.69, 9.17) is 37.5 Å². The molecule has 0 atom stereocenters. The third-order valence-electron chi connectivity index (χ3n) is 1.42. The van der Waals surface area contributed by atoms with Gasteiger partial charge in [-0.1, -0.05) is 0 Å². The van der Waals surface area contributed by atoms with Gasteiger partial charge in [-0.3, -0.25) is 0 Å². The van der Waals surface area contributed by atoms with E-state index in [1.807, 2.05) is 13.8 Å². The van der Waals surface area contributed by atoms with E-state index in [-0.39, 0.29) is 0 Å². The van der Waals surface area contributed by atoms with Gasteiger partial charge in [-0.15, -0.1) is 0 Å². The van der Waals surface area contributed by atoms with Crippen LogP contribution in [-0.4, -0.2) is 32.9 Å². The van der Waals surface area contributed by atoms with Crippen LogP contribution in [0.1, 0.15) is 13.8 Å². The quantitative estimate of drug-likeness (QED) is 0.514. The molecule has 0 aromatic rings. The Balaban J connectivity index is 3.99. The fourth-order valence-electron chi connectivity index (χ4n) is 0.674. The van der Waals surface area contributed by atoms with Gasteiger partial charge < -0.3 is 0 Å². The second-order valence-electron chi connectivity index (χ2n) is 2.34. The van der Waals surface area contributed by atoms with E-state index < -0.39 is 32.9 Å². The van der Waals surface area contributed by atoms with Gasteiger partial charge in [0.1, 0.15) is 0 Å². The van der Waals surface area contributed by atoms with Crippen molar-refractivity contribution < 1.29 is 7.48 Å². The molecular weight excluding hydrogens is 415 g/mol. The molecule has 70 valence electrons. The minimum absolute atomic E-state index is 0.706. The normalized spacial score (nSPS) is 11.1. The second-order valence-corrected chi connectivity index (χ2v) is 16.7. The molecule has 0 heterocycles. The molecule has 2 nitrogen and oxygen atoms in total. The van der Waals surface area contributed by atoms with Crippen molar-refractivity contribution in [3.05, 3.63) is 0 Å². The Morgan fingerprint density at radius 1 is 1.33 bits per heavy atom. The van der Waals surface area contributed by atoms with Crippen LogP contribution in [0.4, 0.5) is 0 Å². The fraction of sp³-hybridized carbons (Fsp3) is 0.833. The monoisotopic (exact) mass is 424 g/mol. The van der Waals surface area contributed by atoms with Gasteiger partial charge in [-0.05, 0) is 0 Å². The minimum atomic E-state index is -2.23. The van der Waals surface area contributed by atoms with Gasteiger partial charge in [0.2, 0.25) is 0 Å². The number of carbonyl (C=O) groups is 1. The maximum atomic E-state index is 11.0. The Labute approximate surface area is 96.3 Å². The molecule has 0 saturated carbocycles. The Bertz CT molecular complexity index is 153. The predicted molar refractivity (Wildman–Crippen MR) is 53.1 cm³/mol. The number of halogens is 3. The molecule has 0 aliphatic carbocycles. The van der Waals surface area contributed by atoms with Crippen molar-refractivity contribution in [3.8, 4) is 0 Å². The molecule has 0 rings (SSSR count). The molecule has 0 fully saturated rings. The Morgan fingerprint density at radius 2 is 1.75 bits per heavy atom. The van der Waals surface area contributed by atoms with Gasteiger partial charge >= 0.3 is 97.0 Å². The van der Waals surface area contributed by atoms with Crippen LogP contribution in [0, 0.1) is 0 Å². The van der Waals surface area contributed by atoms with Crippen LogP contribution in [0.5, 0.6) is 0 Å². The van der Waals surface area contributed by atoms with Crippen molar-refractivity contribution in [3.63, 3.8) is 0 Å². The van der Waals surface area contributed by atoms with Crippen LogP contribution in [0.25, 0.3) is 0 Å². The van der Waals surface area contributed by atoms with Gasteiger partial charge in [0.05, 0.1) is 0 Å². The molecule has 0 aliphatic heterocycles. The molecule has 0 spiro atoms. The summed E-state index contributed by atoms with van der Waals surface area (Å²) in [5.41, 5.74) is 0. The van der Waals surface area contributed by atoms with Crippen molar-refractivity contribution in [2.45, 2.75) is 25.6 Å². The zero-order valence-corrected chi connectivity index (χ0v) is 13.7. The average molecular weight is 425 g/mol. The molecule has 0 saturated heterocycles. The first kappa shape index (κ1) is 13.3.